The minimum absolute atomic E-state index is 0.0504. The van der Waals surface area contributed by atoms with Crippen LogP contribution in [0, 0.1) is 5.92 Å². The van der Waals surface area contributed by atoms with Crippen molar-refractivity contribution < 1.29 is 23.9 Å². The summed E-state index contributed by atoms with van der Waals surface area (Å²) in [6.45, 7) is 2.00. The summed E-state index contributed by atoms with van der Waals surface area (Å²) < 4.78 is 10.2. The van der Waals surface area contributed by atoms with E-state index in [9.17, 15) is 19.2 Å². The molecule has 3 N–H and O–H groups in total. The normalized spacial score (nSPS) is 20.8. The number of ether oxygens (including phenoxy) is 2. The first-order chi connectivity index (χ1) is 20.3. The van der Waals surface area contributed by atoms with Crippen LogP contribution in [0.3, 0.4) is 0 Å². The first kappa shape index (κ1) is 29.6. The Morgan fingerprint density at radius 3 is 2.60 bits per heavy atom. The van der Waals surface area contributed by atoms with E-state index in [2.05, 4.69) is 25.8 Å². The fourth-order valence-corrected chi connectivity index (χ4v) is 7.79. The molecule has 42 heavy (non-hydrogen) atoms. The van der Waals surface area contributed by atoms with Gasteiger partial charge in [0.15, 0.2) is 5.17 Å². The van der Waals surface area contributed by atoms with Crippen LogP contribution in [0.2, 0.25) is 0 Å². The molecule has 0 saturated carbocycles. The van der Waals surface area contributed by atoms with E-state index in [1.165, 1.54) is 11.3 Å². The highest BCUT2D eigenvalue weighted by molar-refractivity contribution is 8.15. The van der Waals surface area contributed by atoms with E-state index in [0.29, 0.717) is 22.2 Å². The van der Waals surface area contributed by atoms with Crippen LogP contribution in [-0.4, -0.2) is 58.9 Å². The lowest BCUT2D eigenvalue weighted by Gasteiger charge is -2.28. The van der Waals surface area contributed by atoms with Gasteiger partial charge in [-0.3, -0.25) is 14.4 Å². The Bertz CT molecular complexity index is 1580. The molecule has 0 radical (unpaired) electrons. The molecule has 2 amide bonds. The summed E-state index contributed by atoms with van der Waals surface area (Å²) in [5, 5.41) is 14.4. The lowest BCUT2D eigenvalue weighted by molar-refractivity contribution is -0.122. The maximum atomic E-state index is 12.6. The molecule has 1 saturated heterocycles. The first-order valence-electron chi connectivity index (χ1n) is 13.0. The van der Waals surface area contributed by atoms with E-state index in [4.69, 9.17) is 9.47 Å². The molecule has 0 spiro atoms. The highest BCUT2D eigenvalue weighted by atomic mass is 32.2. The summed E-state index contributed by atoms with van der Waals surface area (Å²) in [7, 11) is 1.61. The van der Waals surface area contributed by atoms with E-state index < -0.39 is 11.2 Å². The monoisotopic (exact) mass is 625 g/mol. The van der Waals surface area contributed by atoms with Crippen LogP contribution in [-0.2, 0) is 14.3 Å². The second-order valence-corrected chi connectivity index (χ2v) is 12.5. The molecule has 0 unspecified atom stereocenters. The second-order valence-electron chi connectivity index (χ2n) is 9.25. The van der Waals surface area contributed by atoms with Crippen molar-refractivity contribution >= 4 is 69.7 Å². The fourth-order valence-electron chi connectivity index (χ4n) is 4.49. The van der Waals surface area contributed by atoms with Gasteiger partial charge in [0.25, 0.3) is 0 Å². The third-order valence-corrected chi connectivity index (χ3v) is 9.81. The van der Waals surface area contributed by atoms with Gasteiger partial charge >= 0.3 is 10.8 Å². The number of fused-ring (bicyclic) bond motifs is 1. The van der Waals surface area contributed by atoms with Gasteiger partial charge in [0.05, 0.1) is 24.3 Å². The second kappa shape index (κ2) is 13.4. The van der Waals surface area contributed by atoms with Gasteiger partial charge in [0, 0.05) is 40.8 Å². The van der Waals surface area contributed by atoms with Crippen molar-refractivity contribution in [3.63, 3.8) is 0 Å². The lowest BCUT2D eigenvalue weighted by atomic mass is 9.86. The van der Waals surface area contributed by atoms with Crippen LogP contribution in [0.4, 0.5) is 5.69 Å². The van der Waals surface area contributed by atoms with Gasteiger partial charge in [-0.05, 0) is 48.9 Å². The smallest absolute Gasteiger partial charge is 0.338 e. The van der Waals surface area contributed by atoms with Gasteiger partial charge in [-0.1, -0.05) is 35.2 Å². The van der Waals surface area contributed by atoms with Crippen molar-refractivity contribution in [3.05, 3.63) is 74.2 Å². The van der Waals surface area contributed by atoms with Gasteiger partial charge in [-0.15, -0.1) is 16.9 Å². The molecule has 3 atom stereocenters. The van der Waals surface area contributed by atoms with Crippen molar-refractivity contribution in [1.82, 2.24) is 10.3 Å². The standard InChI is InChI=1S/C28H27N5O6S3/c1-3-39-26(36)16-4-8-18(9-5-16)30-21(34)12-20-24(35)31-27(41-20)33-29-13-17-14-40-25-23(42-28(37)32-25)22(17)15-6-10-19(38-2)11-7-15/h4-11,13,17,20,22H,3,12,14H2,1-2H3,(H,30,34)(H,32,37)(H,31,33,35)/b29-13-/t17-,20+,22+/m0/s1. The summed E-state index contributed by atoms with van der Waals surface area (Å²) >= 11 is 3.90. The Morgan fingerprint density at radius 1 is 1.12 bits per heavy atom. The molecular formula is C28H27N5O6S3. The summed E-state index contributed by atoms with van der Waals surface area (Å²) in [6, 6.07) is 14.1. The van der Waals surface area contributed by atoms with E-state index >= 15 is 0 Å². The average Bonchev–Trinajstić information content (AvgIpc) is 3.53. The molecule has 11 nitrogen and oxygen atoms in total. The predicted molar refractivity (Wildman–Crippen MR) is 165 cm³/mol. The molecule has 0 aliphatic carbocycles. The van der Waals surface area contributed by atoms with Crippen LogP contribution < -0.4 is 20.2 Å². The molecule has 3 heterocycles. The van der Waals surface area contributed by atoms with E-state index in [1.807, 2.05) is 24.3 Å². The SMILES string of the molecule is CCOC(=O)c1ccc(NC(=O)C[C@H]2S/C(=N\N=C/[C@H]3CSc4[nH]c(=O)sc4[C@@H]3c3ccc(OC)cc3)NC2=O)cc1. The minimum atomic E-state index is -0.658. The number of nitrogens with one attached hydrogen (secondary N) is 3. The Morgan fingerprint density at radius 2 is 1.88 bits per heavy atom. The number of nitrogens with zero attached hydrogens (tertiary/aromatic N) is 2. The Labute approximate surface area is 253 Å². The zero-order valence-electron chi connectivity index (χ0n) is 22.6. The number of hydrogen-bond donors (Lipinski definition) is 3. The number of anilines is 1. The Kier molecular flexibility index (Phi) is 9.45. The summed E-state index contributed by atoms with van der Waals surface area (Å²) in [4.78, 5) is 52.8. The third kappa shape index (κ3) is 6.94. The van der Waals surface area contributed by atoms with Gasteiger partial charge in [0.2, 0.25) is 11.8 Å². The van der Waals surface area contributed by atoms with Crippen molar-refractivity contribution in [2.24, 2.45) is 16.1 Å². The topological polar surface area (TPSA) is 151 Å². The molecule has 3 aromatic rings. The summed E-state index contributed by atoms with van der Waals surface area (Å²) in [5.41, 5.74) is 1.91. The number of rotatable bonds is 9. The molecule has 2 aliphatic heterocycles. The third-order valence-electron chi connectivity index (χ3n) is 6.48. The number of esters is 1. The number of benzene rings is 2. The number of aromatic nitrogens is 1. The van der Waals surface area contributed by atoms with Gasteiger partial charge in [-0.2, -0.15) is 5.10 Å². The number of methoxy groups -OCH3 is 1. The van der Waals surface area contributed by atoms with Crippen molar-refractivity contribution in [1.29, 1.82) is 0 Å². The van der Waals surface area contributed by atoms with Crippen molar-refractivity contribution in [2.45, 2.75) is 29.5 Å². The number of H-pyrrole nitrogens is 1. The number of aromatic amines is 1. The van der Waals surface area contributed by atoms with Crippen molar-refractivity contribution in [3.8, 4) is 5.75 Å². The van der Waals surface area contributed by atoms with Crippen LogP contribution in [0.1, 0.15) is 40.1 Å². The largest absolute Gasteiger partial charge is 0.497 e. The maximum absolute atomic E-state index is 12.6. The fraction of sp³-hybridized carbons (Fsp3) is 0.286. The molecule has 5 rings (SSSR count). The highest BCUT2D eigenvalue weighted by Gasteiger charge is 2.34. The number of thioether (sulfide) groups is 2. The Hall–Kier alpha value is -3.88. The van der Waals surface area contributed by atoms with E-state index in [0.717, 1.165) is 33.0 Å². The molecule has 2 aromatic carbocycles. The molecule has 218 valence electrons. The van der Waals surface area contributed by atoms with Crippen molar-refractivity contribution in [2.75, 3.05) is 24.8 Å². The predicted octanol–water partition coefficient (Wildman–Crippen LogP) is 4.08. The van der Waals surface area contributed by atoms with Crippen LogP contribution in [0.5, 0.6) is 5.75 Å². The van der Waals surface area contributed by atoms with E-state index in [-0.39, 0.29) is 41.6 Å². The number of carbonyl (C=O) groups is 3. The molecule has 1 aromatic heterocycles. The average molecular weight is 626 g/mol. The summed E-state index contributed by atoms with van der Waals surface area (Å²) in [5.74, 6) is 0.181. The number of carbonyl (C=O) groups excluding carboxylic acids is 3. The number of amides is 2. The quantitative estimate of drug-likeness (QED) is 0.183. The maximum Gasteiger partial charge on any atom is 0.338 e. The number of thiazole rings is 1. The molecule has 0 bridgehead atoms. The zero-order chi connectivity index (χ0) is 29.6. The number of amidine groups is 1. The van der Waals surface area contributed by atoms with Gasteiger partial charge < -0.3 is 25.1 Å². The number of hydrogen-bond acceptors (Lipinski definition) is 11. The minimum Gasteiger partial charge on any atom is -0.497 e. The zero-order valence-corrected chi connectivity index (χ0v) is 25.1. The van der Waals surface area contributed by atoms with Crippen LogP contribution >= 0.6 is 34.9 Å². The van der Waals surface area contributed by atoms with Gasteiger partial charge in [0.1, 0.15) is 11.0 Å². The Balaban J connectivity index is 1.21. The molecule has 2 aliphatic rings. The highest BCUT2D eigenvalue weighted by Crippen LogP contribution is 2.44. The lowest BCUT2D eigenvalue weighted by Crippen LogP contribution is -2.28. The molecule has 14 heteroatoms. The first-order valence-corrected chi connectivity index (χ1v) is 15.7. The molecule has 1 fully saturated rings. The van der Waals surface area contributed by atoms with Crippen LogP contribution in [0.25, 0.3) is 0 Å². The van der Waals surface area contributed by atoms with Gasteiger partial charge in [-0.25, -0.2) is 4.79 Å². The molecular weight excluding hydrogens is 599 g/mol. The summed E-state index contributed by atoms with van der Waals surface area (Å²) in [6.07, 6.45) is 1.68. The van der Waals surface area contributed by atoms with Crippen LogP contribution in [0.15, 0.2) is 68.6 Å². The van der Waals surface area contributed by atoms with E-state index in [1.54, 1.807) is 56.3 Å².